The third kappa shape index (κ3) is 6.40. The van der Waals surface area contributed by atoms with Gasteiger partial charge in [-0.2, -0.15) is 0 Å². The van der Waals surface area contributed by atoms with Crippen LogP contribution in [-0.4, -0.2) is 65.5 Å². The smallest absolute Gasteiger partial charge is 0.304 e. The van der Waals surface area contributed by atoms with Crippen molar-refractivity contribution in [2.45, 2.75) is 64.5 Å². The molecule has 192 valence electrons. The van der Waals surface area contributed by atoms with Gasteiger partial charge in [-0.25, -0.2) is 0 Å². The number of carboxylic acid groups (broad SMARTS) is 1. The Kier molecular flexibility index (Phi) is 8.80. The van der Waals surface area contributed by atoms with E-state index in [1.165, 1.54) is 25.7 Å². The van der Waals surface area contributed by atoms with Crippen molar-refractivity contribution < 1.29 is 14.7 Å². The first-order chi connectivity index (χ1) is 16.8. The lowest BCUT2D eigenvalue weighted by molar-refractivity contribution is -0.147. The minimum absolute atomic E-state index is 0.0871. The van der Waals surface area contributed by atoms with Gasteiger partial charge in [0, 0.05) is 60.9 Å². The Labute approximate surface area is 218 Å². The van der Waals surface area contributed by atoms with Crippen molar-refractivity contribution in [2.75, 3.05) is 32.7 Å². The van der Waals surface area contributed by atoms with Gasteiger partial charge >= 0.3 is 5.97 Å². The molecule has 0 unspecified atom stereocenters. The molecule has 3 aliphatic rings. The van der Waals surface area contributed by atoms with Crippen molar-refractivity contribution in [3.8, 4) is 0 Å². The Bertz CT molecular complexity index is 941. The second kappa shape index (κ2) is 11.6. The highest BCUT2D eigenvalue weighted by molar-refractivity contribution is 6.35. The van der Waals surface area contributed by atoms with Gasteiger partial charge in [0.05, 0.1) is 11.8 Å². The average molecular weight is 523 g/mol. The standard InChI is InChI=1S/C27H37Cl2N3O3/c1-19-15-32(17-22-23(28)8-5-9-24(22)29)18-27(19,14-25(33)34)26(35)30-21-10-12-31(13-11-21)16-20-6-3-2-4-7-20/h5-6,8-9,19,21H,2-4,7,10-18H2,1H3,(H,30,35)(H,33,34)/t19-,27+/m1/s1. The van der Waals surface area contributed by atoms with Gasteiger partial charge in [-0.1, -0.05) is 47.8 Å². The summed E-state index contributed by atoms with van der Waals surface area (Å²) in [4.78, 5) is 30.1. The lowest BCUT2D eigenvalue weighted by atomic mass is 9.75. The summed E-state index contributed by atoms with van der Waals surface area (Å²) in [5, 5.41) is 14.1. The maximum atomic E-state index is 13.6. The van der Waals surface area contributed by atoms with Crippen LogP contribution < -0.4 is 5.32 Å². The number of piperidine rings is 1. The Hall–Kier alpha value is -1.60. The Morgan fingerprint density at radius 3 is 2.46 bits per heavy atom. The monoisotopic (exact) mass is 521 g/mol. The Balaban J connectivity index is 1.38. The van der Waals surface area contributed by atoms with E-state index in [-0.39, 0.29) is 24.3 Å². The van der Waals surface area contributed by atoms with E-state index in [1.807, 2.05) is 6.92 Å². The largest absolute Gasteiger partial charge is 0.481 e. The predicted molar refractivity (Wildman–Crippen MR) is 140 cm³/mol. The molecule has 35 heavy (non-hydrogen) atoms. The van der Waals surface area contributed by atoms with E-state index in [1.54, 1.807) is 23.8 Å². The number of aliphatic carboxylic acids is 1. The maximum Gasteiger partial charge on any atom is 0.304 e. The molecule has 2 saturated heterocycles. The molecule has 2 fully saturated rings. The third-order valence-electron chi connectivity index (χ3n) is 8.08. The molecule has 0 bridgehead atoms. The molecule has 6 nitrogen and oxygen atoms in total. The number of benzene rings is 1. The lowest BCUT2D eigenvalue weighted by Gasteiger charge is -2.36. The number of likely N-dealkylation sites (tertiary alicyclic amines) is 2. The van der Waals surface area contributed by atoms with E-state index in [4.69, 9.17) is 23.2 Å². The fourth-order valence-corrected chi connectivity index (χ4v) is 6.50. The maximum absolute atomic E-state index is 13.6. The molecule has 2 N–H and O–H groups in total. The number of carboxylic acids is 1. The number of amides is 1. The fourth-order valence-electron chi connectivity index (χ4n) is 5.98. The molecule has 0 aromatic heterocycles. The summed E-state index contributed by atoms with van der Waals surface area (Å²) in [7, 11) is 0. The number of halogens is 2. The molecular formula is C27H37Cl2N3O3. The van der Waals surface area contributed by atoms with E-state index < -0.39 is 11.4 Å². The van der Waals surface area contributed by atoms with E-state index >= 15 is 0 Å². The molecule has 0 saturated carbocycles. The Morgan fingerprint density at radius 2 is 1.83 bits per heavy atom. The predicted octanol–water partition coefficient (Wildman–Crippen LogP) is 4.99. The molecule has 0 spiro atoms. The molecule has 2 aliphatic heterocycles. The molecule has 1 aromatic rings. The summed E-state index contributed by atoms with van der Waals surface area (Å²) in [6, 6.07) is 5.50. The molecular weight excluding hydrogens is 485 g/mol. The highest BCUT2D eigenvalue weighted by Crippen LogP contribution is 2.41. The summed E-state index contributed by atoms with van der Waals surface area (Å²) in [5.74, 6) is -1.17. The van der Waals surface area contributed by atoms with Crippen molar-refractivity contribution in [3.05, 3.63) is 45.5 Å². The van der Waals surface area contributed by atoms with Crippen LogP contribution in [0.2, 0.25) is 10.0 Å². The summed E-state index contributed by atoms with van der Waals surface area (Å²) >= 11 is 12.7. The molecule has 1 aliphatic carbocycles. The van der Waals surface area contributed by atoms with Crippen molar-refractivity contribution >= 4 is 35.1 Å². The number of allylic oxidation sites excluding steroid dienone is 1. The first-order valence-electron chi connectivity index (χ1n) is 12.8. The second-order valence-corrected chi connectivity index (χ2v) is 11.4. The number of hydrogen-bond donors (Lipinski definition) is 2. The van der Waals surface area contributed by atoms with Crippen LogP contribution in [0, 0.1) is 11.3 Å². The van der Waals surface area contributed by atoms with Crippen molar-refractivity contribution in [2.24, 2.45) is 11.3 Å². The average Bonchev–Trinajstić information content (AvgIpc) is 3.13. The van der Waals surface area contributed by atoms with E-state index in [0.29, 0.717) is 29.7 Å². The van der Waals surface area contributed by atoms with Crippen LogP contribution in [0.1, 0.15) is 57.4 Å². The second-order valence-electron chi connectivity index (χ2n) is 10.6. The van der Waals surface area contributed by atoms with Gasteiger partial charge in [-0.05, 0) is 56.6 Å². The van der Waals surface area contributed by atoms with Crippen LogP contribution in [0.4, 0.5) is 0 Å². The van der Waals surface area contributed by atoms with Crippen LogP contribution in [0.3, 0.4) is 0 Å². The summed E-state index contributed by atoms with van der Waals surface area (Å²) in [6.07, 6.45) is 9.02. The normalized spacial score (nSPS) is 26.5. The first kappa shape index (κ1) is 26.5. The van der Waals surface area contributed by atoms with Crippen LogP contribution >= 0.6 is 23.2 Å². The lowest BCUT2D eigenvalue weighted by Crippen LogP contribution is -2.53. The topological polar surface area (TPSA) is 72.9 Å². The number of nitrogens with one attached hydrogen (secondary N) is 1. The third-order valence-corrected chi connectivity index (χ3v) is 8.79. The highest BCUT2D eigenvalue weighted by atomic mass is 35.5. The van der Waals surface area contributed by atoms with Crippen LogP contribution in [0.25, 0.3) is 0 Å². The number of nitrogens with zero attached hydrogens (tertiary/aromatic N) is 2. The van der Waals surface area contributed by atoms with Crippen molar-refractivity contribution in [1.82, 2.24) is 15.1 Å². The Morgan fingerprint density at radius 1 is 1.11 bits per heavy atom. The highest BCUT2D eigenvalue weighted by Gasteiger charge is 2.51. The minimum atomic E-state index is -0.969. The van der Waals surface area contributed by atoms with Gasteiger partial charge in [0.1, 0.15) is 0 Å². The van der Waals surface area contributed by atoms with E-state index in [2.05, 4.69) is 21.2 Å². The molecule has 2 heterocycles. The van der Waals surface area contributed by atoms with Gasteiger partial charge in [0.25, 0.3) is 0 Å². The minimum Gasteiger partial charge on any atom is -0.481 e. The van der Waals surface area contributed by atoms with Crippen LogP contribution in [0.15, 0.2) is 29.8 Å². The fraction of sp³-hybridized carbons (Fsp3) is 0.630. The van der Waals surface area contributed by atoms with Gasteiger partial charge in [-0.3, -0.25) is 19.4 Å². The van der Waals surface area contributed by atoms with Gasteiger partial charge in [0.2, 0.25) is 5.91 Å². The summed E-state index contributed by atoms with van der Waals surface area (Å²) in [5.41, 5.74) is 1.40. The number of hydrogen-bond acceptors (Lipinski definition) is 4. The zero-order valence-electron chi connectivity index (χ0n) is 20.6. The molecule has 4 rings (SSSR count). The summed E-state index contributed by atoms with van der Waals surface area (Å²) < 4.78 is 0. The molecule has 2 atom stereocenters. The van der Waals surface area contributed by atoms with Crippen molar-refractivity contribution in [1.29, 1.82) is 0 Å². The molecule has 1 aromatic carbocycles. The number of rotatable bonds is 8. The summed E-state index contributed by atoms with van der Waals surface area (Å²) in [6.45, 7) is 6.43. The molecule has 8 heteroatoms. The van der Waals surface area contributed by atoms with Gasteiger partial charge in [0.15, 0.2) is 0 Å². The SMILES string of the molecule is C[C@@H]1CN(Cc2c(Cl)cccc2Cl)C[C@]1(CC(=O)O)C(=O)NC1CCN(CC2=CCCCC2)CC1. The number of carbonyl (C=O) groups excluding carboxylic acids is 1. The zero-order valence-corrected chi connectivity index (χ0v) is 22.1. The van der Waals surface area contributed by atoms with Gasteiger partial charge in [-0.15, -0.1) is 0 Å². The molecule has 0 radical (unpaired) electrons. The number of carbonyl (C=O) groups is 2. The van der Waals surface area contributed by atoms with Crippen LogP contribution in [-0.2, 0) is 16.1 Å². The van der Waals surface area contributed by atoms with E-state index in [9.17, 15) is 14.7 Å². The zero-order chi connectivity index (χ0) is 25.0. The van der Waals surface area contributed by atoms with Crippen molar-refractivity contribution in [3.63, 3.8) is 0 Å². The first-order valence-corrected chi connectivity index (χ1v) is 13.6. The quantitative estimate of drug-likeness (QED) is 0.471. The van der Waals surface area contributed by atoms with Gasteiger partial charge < -0.3 is 10.4 Å². The van der Waals surface area contributed by atoms with Crippen LogP contribution in [0.5, 0.6) is 0 Å². The molecule has 1 amide bonds. The van der Waals surface area contributed by atoms with E-state index in [0.717, 1.165) is 38.0 Å².